The quantitative estimate of drug-likeness (QED) is 0.413. The Hall–Kier alpha value is -3.39. The van der Waals surface area contributed by atoms with Crippen LogP contribution in [0.5, 0.6) is 5.75 Å². The molecule has 8 heteroatoms. The van der Waals surface area contributed by atoms with Crippen molar-refractivity contribution < 1.29 is 14.3 Å². The number of benzene rings is 1. The molecule has 32 heavy (non-hydrogen) atoms. The number of para-hydroxylation sites is 2. The second kappa shape index (κ2) is 9.82. The number of rotatable bonds is 8. The molecule has 3 heterocycles. The molecule has 1 fully saturated rings. The fourth-order valence-electron chi connectivity index (χ4n) is 4.15. The molecule has 0 aliphatic carbocycles. The van der Waals surface area contributed by atoms with Crippen LogP contribution in [0, 0.1) is 0 Å². The second-order valence-corrected chi connectivity index (χ2v) is 7.86. The number of nitrogens with zero attached hydrogens (tertiary/aromatic N) is 3. The Morgan fingerprint density at radius 2 is 1.94 bits per heavy atom. The lowest BCUT2D eigenvalue weighted by molar-refractivity contribution is -0.140. The normalized spacial score (nSPS) is 17.8. The number of nitrogens with one attached hydrogen (secondary N) is 1. The highest BCUT2D eigenvalue weighted by molar-refractivity contribution is 7.80. The molecule has 1 N–H and O–H groups in total. The number of esters is 1. The molecule has 1 saturated heterocycles. The SMILES string of the molecule is COC(=O)CCCN1C(=S)N[C@@H](c2ccccn2)[C@H]1c1cccn1-c1ccccc1OC. The summed E-state index contributed by atoms with van der Waals surface area (Å²) in [6.07, 6.45) is 4.78. The molecule has 0 amide bonds. The molecule has 0 spiro atoms. The third kappa shape index (κ3) is 4.31. The Bertz CT molecular complexity index is 1090. The fraction of sp³-hybridized carbons (Fsp3) is 0.292. The molecule has 2 aromatic heterocycles. The van der Waals surface area contributed by atoms with Gasteiger partial charge in [0.25, 0.3) is 0 Å². The molecular weight excluding hydrogens is 424 g/mol. The lowest BCUT2D eigenvalue weighted by Crippen LogP contribution is -2.31. The van der Waals surface area contributed by atoms with Crippen LogP contribution in [0.15, 0.2) is 67.0 Å². The fourth-order valence-corrected chi connectivity index (χ4v) is 4.48. The van der Waals surface area contributed by atoms with Crippen molar-refractivity contribution in [3.8, 4) is 11.4 Å². The van der Waals surface area contributed by atoms with E-state index < -0.39 is 0 Å². The third-order valence-corrected chi connectivity index (χ3v) is 5.99. The lowest BCUT2D eigenvalue weighted by atomic mass is 10.0. The van der Waals surface area contributed by atoms with Crippen LogP contribution in [0.1, 0.15) is 36.3 Å². The molecule has 1 aliphatic rings. The van der Waals surface area contributed by atoms with E-state index in [1.54, 1.807) is 13.3 Å². The molecule has 7 nitrogen and oxygen atoms in total. The Balaban J connectivity index is 1.74. The first-order valence-electron chi connectivity index (χ1n) is 10.5. The van der Waals surface area contributed by atoms with Crippen molar-refractivity contribution in [1.82, 2.24) is 19.8 Å². The summed E-state index contributed by atoms with van der Waals surface area (Å²) in [7, 11) is 3.08. The maximum atomic E-state index is 11.7. The summed E-state index contributed by atoms with van der Waals surface area (Å²) in [5.41, 5.74) is 2.90. The van der Waals surface area contributed by atoms with E-state index in [1.807, 2.05) is 54.7 Å². The zero-order valence-electron chi connectivity index (χ0n) is 18.1. The summed E-state index contributed by atoms with van der Waals surface area (Å²) in [6.45, 7) is 0.617. The highest BCUT2D eigenvalue weighted by atomic mass is 32.1. The molecule has 0 bridgehead atoms. The first-order valence-corrected chi connectivity index (χ1v) is 10.9. The number of hydrogen-bond donors (Lipinski definition) is 1. The number of carbonyl (C=O) groups excluding carboxylic acids is 1. The van der Waals surface area contributed by atoms with Gasteiger partial charge in [-0.05, 0) is 55.0 Å². The van der Waals surface area contributed by atoms with Crippen molar-refractivity contribution in [3.63, 3.8) is 0 Å². The minimum atomic E-state index is -0.224. The molecule has 3 aromatic rings. The molecule has 0 radical (unpaired) electrons. The van der Waals surface area contributed by atoms with E-state index in [4.69, 9.17) is 21.7 Å². The zero-order valence-corrected chi connectivity index (χ0v) is 18.9. The Morgan fingerprint density at radius 1 is 1.12 bits per heavy atom. The van der Waals surface area contributed by atoms with E-state index in [9.17, 15) is 4.79 Å². The van der Waals surface area contributed by atoms with E-state index in [-0.39, 0.29) is 18.1 Å². The summed E-state index contributed by atoms with van der Waals surface area (Å²) in [6, 6.07) is 17.7. The predicted octanol–water partition coefficient (Wildman–Crippen LogP) is 3.81. The highest BCUT2D eigenvalue weighted by Crippen LogP contribution is 2.40. The summed E-state index contributed by atoms with van der Waals surface area (Å²) < 4.78 is 12.5. The van der Waals surface area contributed by atoms with Gasteiger partial charge < -0.3 is 24.3 Å². The molecule has 0 saturated carbocycles. The number of methoxy groups -OCH3 is 2. The third-order valence-electron chi connectivity index (χ3n) is 5.63. The van der Waals surface area contributed by atoms with Crippen molar-refractivity contribution in [2.75, 3.05) is 20.8 Å². The molecule has 4 rings (SSSR count). The van der Waals surface area contributed by atoms with Gasteiger partial charge in [0, 0.05) is 31.1 Å². The van der Waals surface area contributed by atoms with Gasteiger partial charge in [-0.15, -0.1) is 0 Å². The molecule has 0 unspecified atom stereocenters. The van der Waals surface area contributed by atoms with Gasteiger partial charge in [0.1, 0.15) is 5.75 Å². The molecular formula is C24H26N4O3S. The lowest BCUT2D eigenvalue weighted by Gasteiger charge is -2.29. The van der Waals surface area contributed by atoms with Gasteiger partial charge >= 0.3 is 5.97 Å². The number of carbonyl (C=O) groups is 1. The molecule has 166 valence electrons. The van der Waals surface area contributed by atoms with Crippen LogP contribution >= 0.6 is 12.2 Å². The van der Waals surface area contributed by atoms with Gasteiger partial charge in [-0.2, -0.15) is 0 Å². The van der Waals surface area contributed by atoms with E-state index in [2.05, 4.69) is 25.8 Å². The van der Waals surface area contributed by atoms with Gasteiger partial charge in [-0.1, -0.05) is 18.2 Å². The van der Waals surface area contributed by atoms with Crippen molar-refractivity contribution in [1.29, 1.82) is 0 Å². The molecule has 1 aliphatic heterocycles. The monoisotopic (exact) mass is 450 g/mol. The number of aromatic nitrogens is 2. The average Bonchev–Trinajstić information content (AvgIpc) is 3.43. The largest absolute Gasteiger partial charge is 0.495 e. The summed E-state index contributed by atoms with van der Waals surface area (Å²) in [4.78, 5) is 18.4. The van der Waals surface area contributed by atoms with Crippen molar-refractivity contribution in [3.05, 3.63) is 78.4 Å². The Kier molecular flexibility index (Phi) is 6.70. The van der Waals surface area contributed by atoms with Crippen LogP contribution in [-0.2, 0) is 9.53 Å². The minimum absolute atomic E-state index is 0.116. The summed E-state index contributed by atoms with van der Waals surface area (Å²) in [5, 5.41) is 4.09. The van der Waals surface area contributed by atoms with E-state index >= 15 is 0 Å². The van der Waals surface area contributed by atoms with Crippen LogP contribution in [0.4, 0.5) is 0 Å². The van der Waals surface area contributed by atoms with Crippen LogP contribution in [0.25, 0.3) is 5.69 Å². The Morgan fingerprint density at radius 3 is 2.69 bits per heavy atom. The first-order chi connectivity index (χ1) is 15.6. The molecule has 2 atom stereocenters. The van der Waals surface area contributed by atoms with Crippen LogP contribution < -0.4 is 10.1 Å². The van der Waals surface area contributed by atoms with Crippen LogP contribution in [0.3, 0.4) is 0 Å². The zero-order chi connectivity index (χ0) is 22.5. The van der Waals surface area contributed by atoms with Crippen molar-refractivity contribution in [2.45, 2.75) is 24.9 Å². The van der Waals surface area contributed by atoms with Gasteiger partial charge in [-0.25, -0.2) is 0 Å². The standard InChI is InChI=1S/C24H26N4O3S/c1-30-20-12-4-3-10-18(20)27-15-7-11-19(27)23-22(17-9-5-6-14-25-17)26-24(32)28(23)16-8-13-21(29)31-2/h3-7,9-12,14-15,22-23H,8,13,16H2,1-2H3,(H,26,32)/t22-,23+/m0/s1. The predicted molar refractivity (Wildman–Crippen MR) is 126 cm³/mol. The maximum absolute atomic E-state index is 11.7. The summed E-state index contributed by atoms with van der Waals surface area (Å²) >= 11 is 5.72. The number of ether oxygens (including phenoxy) is 2. The number of pyridine rings is 1. The number of thiocarbonyl (C=S) groups is 1. The maximum Gasteiger partial charge on any atom is 0.305 e. The summed E-state index contributed by atoms with van der Waals surface area (Å²) in [5.74, 6) is 0.559. The van der Waals surface area contributed by atoms with Crippen LogP contribution in [-0.4, -0.2) is 46.3 Å². The number of hydrogen-bond acceptors (Lipinski definition) is 5. The van der Waals surface area contributed by atoms with Crippen LogP contribution in [0.2, 0.25) is 0 Å². The van der Waals surface area contributed by atoms with Crippen molar-refractivity contribution in [2.24, 2.45) is 0 Å². The minimum Gasteiger partial charge on any atom is -0.495 e. The van der Waals surface area contributed by atoms with Gasteiger partial charge in [0.15, 0.2) is 5.11 Å². The first kappa shape index (κ1) is 21.8. The van der Waals surface area contributed by atoms with E-state index in [0.717, 1.165) is 22.8 Å². The van der Waals surface area contributed by atoms with Gasteiger partial charge in [0.2, 0.25) is 0 Å². The van der Waals surface area contributed by atoms with Gasteiger partial charge in [0.05, 0.1) is 37.7 Å². The van der Waals surface area contributed by atoms with Gasteiger partial charge in [-0.3, -0.25) is 9.78 Å². The smallest absolute Gasteiger partial charge is 0.305 e. The molecule has 1 aromatic carbocycles. The van der Waals surface area contributed by atoms with Crippen molar-refractivity contribution >= 4 is 23.3 Å². The van der Waals surface area contributed by atoms with E-state index in [1.165, 1.54) is 7.11 Å². The average molecular weight is 451 g/mol. The Labute approximate surface area is 193 Å². The highest BCUT2D eigenvalue weighted by Gasteiger charge is 2.41. The second-order valence-electron chi connectivity index (χ2n) is 7.47. The topological polar surface area (TPSA) is 68.6 Å². The van der Waals surface area contributed by atoms with E-state index in [0.29, 0.717) is 24.5 Å².